The average Bonchev–Trinajstić information content (AvgIpc) is 2.72. The molecule has 148 valence electrons. The summed E-state index contributed by atoms with van der Waals surface area (Å²) in [5.74, 6) is -0.407. The third kappa shape index (κ3) is 6.09. The number of carboxylic acid groups (broad SMARTS) is 1. The van der Waals surface area contributed by atoms with Crippen LogP contribution in [0.2, 0.25) is 0 Å². The largest absolute Gasteiger partial charge is 0.482 e. The minimum Gasteiger partial charge on any atom is -0.482 e. The standard InChI is InChI=1S/C22H26N2O4/c25-21(26)16-28-20-8-4-7-18(13-20)14-23-22(27)19-9-11-24(12-10-19)15-17-5-2-1-3-6-17/h1-8,13,19H,9-12,14-16H2,(H,23,27)(H,25,26). The van der Waals surface area contributed by atoms with Crippen molar-refractivity contribution in [1.82, 2.24) is 10.2 Å². The Balaban J connectivity index is 1.42. The summed E-state index contributed by atoms with van der Waals surface area (Å²) < 4.78 is 5.17. The fourth-order valence-corrected chi connectivity index (χ4v) is 3.42. The highest BCUT2D eigenvalue weighted by Crippen LogP contribution is 2.20. The number of amides is 1. The van der Waals surface area contributed by atoms with Crippen molar-refractivity contribution in [1.29, 1.82) is 0 Å². The summed E-state index contributed by atoms with van der Waals surface area (Å²) in [6.07, 6.45) is 1.72. The Bertz CT molecular complexity index is 786. The number of carbonyl (C=O) groups is 2. The van der Waals surface area contributed by atoms with E-state index in [2.05, 4.69) is 34.5 Å². The van der Waals surface area contributed by atoms with E-state index in [4.69, 9.17) is 9.84 Å². The second-order valence-corrected chi connectivity index (χ2v) is 7.08. The Morgan fingerprint density at radius 3 is 2.46 bits per heavy atom. The second kappa shape index (κ2) is 9.90. The molecule has 0 spiro atoms. The van der Waals surface area contributed by atoms with Gasteiger partial charge in [0.2, 0.25) is 5.91 Å². The molecule has 2 N–H and O–H groups in total. The van der Waals surface area contributed by atoms with E-state index in [0.717, 1.165) is 38.0 Å². The first kappa shape index (κ1) is 19.9. The molecule has 1 amide bonds. The minimum absolute atomic E-state index is 0.0402. The van der Waals surface area contributed by atoms with Gasteiger partial charge in [-0.3, -0.25) is 9.69 Å². The number of rotatable bonds is 8. The molecular weight excluding hydrogens is 356 g/mol. The van der Waals surface area contributed by atoms with Gasteiger partial charge in [-0.2, -0.15) is 0 Å². The van der Waals surface area contributed by atoms with Crippen LogP contribution in [0.15, 0.2) is 54.6 Å². The zero-order chi connectivity index (χ0) is 19.8. The number of nitrogens with one attached hydrogen (secondary N) is 1. The molecule has 3 rings (SSSR count). The molecule has 2 aromatic rings. The summed E-state index contributed by atoms with van der Waals surface area (Å²) in [6, 6.07) is 17.5. The van der Waals surface area contributed by atoms with Gasteiger partial charge in [-0.15, -0.1) is 0 Å². The molecule has 2 aromatic carbocycles. The molecule has 0 bridgehead atoms. The summed E-state index contributed by atoms with van der Waals surface area (Å²) in [4.78, 5) is 25.5. The van der Waals surface area contributed by atoms with Crippen LogP contribution in [0.5, 0.6) is 5.75 Å². The van der Waals surface area contributed by atoms with Crippen LogP contribution in [0.25, 0.3) is 0 Å². The molecule has 0 atom stereocenters. The van der Waals surface area contributed by atoms with E-state index >= 15 is 0 Å². The molecule has 6 nitrogen and oxygen atoms in total. The van der Waals surface area contributed by atoms with Gasteiger partial charge < -0.3 is 15.2 Å². The highest BCUT2D eigenvalue weighted by Gasteiger charge is 2.24. The first-order chi connectivity index (χ1) is 13.6. The predicted molar refractivity (Wildman–Crippen MR) is 106 cm³/mol. The number of piperidine rings is 1. The van der Waals surface area contributed by atoms with E-state index < -0.39 is 5.97 Å². The molecule has 28 heavy (non-hydrogen) atoms. The summed E-state index contributed by atoms with van der Waals surface area (Å²) >= 11 is 0. The molecular formula is C22H26N2O4. The van der Waals surface area contributed by atoms with Crippen molar-refractivity contribution >= 4 is 11.9 Å². The maximum atomic E-state index is 12.5. The van der Waals surface area contributed by atoms with Gasteiger partial charge in [0, 0.05) is 19.0 Å². The minimum atomic E-state index is -1.02. The lowest BCUT2D eigenvalue weighted by atomic mass is 9.95. The first-order valence-corrected chi connectivity index (χ1v) is 9.57. The third-order valence-electron chi connectivity index (χ3n) is 4.93. The predicted octanol–water partition coefficient (Wildman–Crippen LogP) is 2.68. The first-order valence-electron chi connectivity index (χ1n) is 9.57. The molecule has 0 saturated carbocycles. The van der Waals surface area contributed by atoms with Gasteiger partial charge in [0.15, 0.2) is 6.61 Å². The quantitative estimate of drug-likeness (QED) is 0.734. The summed E-state index contributed by atoms with van der Waals surface area (Å²) in [5.41, 5.74) is 2.19. The average molecular weight is 382 g/mol. The van der Waals surface area contributed by atoms with Crippen LogP contribution in [0.4, 0.5) is 0 Å². The molecule has 1 saturated heterocycles. The smallest absolute Gasteiger partial charge is 0.341 e. The summed E-state index contributed by atoms with van der Waals surface area (Å²) in [5, 5.41) is 11.7. The van der Waals surface area contributed by atoms with Gasteiger partial charge in [-0.1, -0.05) is 42.5 Å². The zero-order valence-corrected chi connectivity index (χ0v) is 15.8. The molecule has 0 aliphatic carbocycles. The molecule has 0 radical (unpaired) electrons. The SMILES string of the molecule is O=C(O)COc1cccc(CNC(=O)C2CCN(Cc3ccccc3)CC2)c1. The van der Waals surface area contributed by atoms with E-state index in [9.17, 15) is 9.59 Å². The normalized spacial score (nSPS) is 15.1. The Kier molecular flexibility index (Phi) is 7.03. The van der Waals surface area contributed by atoms with Crippen molar-refractivity contribution < 1.29 is 19.4 Å². The van der Waals surface area contributed by atoms with Crippen LogP contribution in [-0.4, -0.2) is 41.6 Å². The molecule has 6 heteroatoms. The molecule has 1 aliphatic heterocycles. The van der Waals surface area contributed by atoms with Gasteiger partial charge >= 0.3 is 5.97 Å². The van der Waals surface area contributed by atoms with Crippen molar-refractivity contribution in [2.24, 2.45) is 5.92 Å². The molecule has 1 heterocycles. The van der Waals surface area contributed by atoms with Crippen LogP contribution in [0.3, 0.4) is 0 Å². The third-order valence-corrected chi connectivity index (χ3v) is 4.93. The number of benzene rings is 2. The number of ether oxygens (including phenoxy) is 1. The number of aliphatic carboxylic acids is 1. The van der Waals surface area contributed by atoms with E-state index in [1.807, 2.05) is 12.1 Å². The number of hydrogen-bond acceptors (Lipinski definition) is 4. The Morgan fingerprint density at radius 2 is 1.75 bits per heavy atom. The number of nitrogens with zero attached hydrogens (tertiary/aromatic N) is 1. The van der Waals surface area contributed by atoms with Crippen LogP contribution in [0, 0.1) is 5.92 Å². The molecule has 0 aromatic heterocycles. The highest BCUT2D eigenvalue weighted by atomic mass is 16.5. The Hall–Kier alpha value is -2.86. The van der Waals surface area contributed by atoms with Crippen LogP contribution < -0.4 is 10.1 Å². The van der Waals surface area contributed by atoms with Gasteiger partial charge in [-0.05, 0) is 49.2 Å². The molecule has 1 fully saturated rings. The monoisotopic (exact) mass is 382 g/mol. The maximum Gasteiger partial charge on any atom is 0.341 e. The van der Waals surface area contributed by atoms with Gasteiger partial charge in [0.05, 0.1) is 0 Å². The lowest BCUT2D eigenvalue weighted by Crippen LogP contribution is -2.40. The van der Waals surface area contributed by atoms with E-state index in [1.165, 1.54) is 5.56 Å². The lowest BCUT2D eigenvalue weighted by Gasteiger charge is -2.31. The number of hydrogen-bond donors (Lipinski definition) is 2. The number of likely N-dealkylation sites (tertiary alicyclic amines) is 1. The maximum absolute atomic E-state index is 12.5. The zero-order valence-electron chi connectivity index (χ0n) is 15.8. The fourth-order valence-electron chi connectivity index (χ4n) is 3.42. The van der Waals surface area contributed by atoms with Crippen LogP contribution in [-0.2, 0) is 22.7 Å². The van der Waals surface area contributed by atoms with Crippen molar-refractivity contribution in [2.75, 3.05) is 19.7 Å². The van der Waals surface area contributed by atoms with Gasteiger partial charge in [0.25, 0.3) is 0 Å². The number of carbonyl (C=O) groups excluding carboxylic acids is 1. The lowest BCUT2D eigenvalue weighted by molar-refractivity contribution is -0.139. The van der Waals surface area contributed by atoms with Crippen LogP contribution in [0.1, 0.15) is 24.0 Å². The topological polar surface area (TPSA) is 78.9 Å². The Labute approximate surface area is 165 Å². The second-order valence-electron chi connectivity index (χ2n) is 7.08. The summed E-state index contributed by atoms with van der Waals surface area (Å²) in [7, 11) is 0. The van der Waals surface area contributed by atoms with Gasteiger partial charge in [-0.25, -0.2) is 4.79 Å². The highest BCUT2D eigenvalue weighted by molar-refractivity contribution is 5.78. The van der Waals surface area contributed by atoms with Crippen LogP contribution >= 0.6 is 0 Å². The van der Waals surface area contributed by atoms with Crippen molar-refractivity contribution in [3.8, 4) is 5.75 Å². The van der Waals surface area contributed by atoms with Gasteiger partial charge in [0.1, 0.15) is 5.75 Å². The van der Waals surface area contributed by atoms with E-state index in [1.54, 1.807) is 18.2 Å². The number of carboxylic acids is 1. The molecule has 1 aliphatic rings. The van der Waals surface area contributed by atoms with Crippen molar-refractivity contribution in [3.05, 3.63) is 65.7 Å². The fraction of sp³-hybridized carbons (Fsp3) is 0.364. The van der Waals surface area contributed by atoms with E-state index in [0.29, 0.717) is 12.3 Å². The van der Waals surface area contributed by atoms with E-state index in [-0.39, 0.29) is 18.4 Å². The van der Waals surface area contributed by atoms with Crippen molar-refractivity contribution in [3.63, 3.8) is 0 Å². The Morgan fingerprint density at radius 1 is 1.04 bits per heavy atom. The summed E-state index contributed by atoms with van der Waals surface area (Å²) in [6.45, 7) is 2.81. The van der Waals surface area contributed by atoms with Crippen molar-refractivity contribution in [2.45, 2.75) is 25.9 Å². The molecule has 0 unspecified atom stereocenters.